The van der Waals surface area contributed by atoms with Gasteiger partial charge in [-0.15, -0.1) is 0 Å². The quantitative estimate of drug-likeness (QED) is 0.800. The van der Waals surface area contributed by atoms with Gasteiger partial charge < -0.3 is 0 Å². The molecule has 0 spiro atoms. The van der Waals surface area contributed by atoms with Crippen molar-refractivity contribution in [3.05, 3.63) is 51.9 Å². The molecule has 114 valence electrons. The van der Waals surface area contributed by atoms with E-state index in [1.54, 1.807) is 30.3 Å². The zero-order valence-electron chi connectivity index (χ0n) is 11.9. The van der Waals surface area contributed by atoms with Gasteiger partial charge in [-0.05, 0) is 55.9 Å². The SMILES string of the molecule is O=S(=O)(/C=C/c1ccc(Cl)cc1)NCCC1=CCCCC1. The van der Waals surface area contributed by atoms with E-state index in [1.165, 1.54) is 23.8 Å². The van der Waals surface area contributed by atoms with E-state index in [-0.39, 0.29) is 0 Å². The molecule has 1 aliphatic rings. The normalized spacial score (nSPS) is 16.1. The maximum Gasteiger partial charge on any atom is 0.233 e. The summed E-state index contributed by atoms with van der Waals surface area (Å²) in [6.45, 7) is 0.457. The molecule has 0 saturated heterocycles. The average Bonchev–Trinajstić information content (AvgIpc) is 2.48. The predicted molar refractivity (Wildman–Crippen MR) is 88.6 cm³/mol. The van der Waals surface area contributed by atoms with Gasteiger partial charge in [0.25, 0.3) is 0 Å². The molecular weight excluding hydrogens is 306 g/mol. The van der Waals surface area contributed by atoms with Crippen LogP contribution in [-0.4, -0.2) is 15.0 Å². The van der Waals surface area contributed by atoms with Crippen LogP contribution in [0, 0.1) is 0 Å². The molecule has 5 heteroatoms. The Labute approximate surface area is 131 Å². The van der Waals surface area contributed by atoms with E-state index in [0.717, 1.165) is 24.8 Å². The smallest absolute Gasteiger partial charge is 0.211 e. The highest BCUT2D eigenvalue weighted by atomic mass is 35.5. The number of hydrogen-bond donors (Lipinski definition) is 1. The van der Waals surface area contributed by atoms with Gasteiger partial charge >= 0.3 is 0 Å². The van der Waals surface area contributed by atoms with Crippen molar-refractivity contribution >= 4 is 27.7 Å². The molecule has 0 amide bonds. The lowest BCUT2D eigenvalue weighted by molar-refractivity contribution is 0.588. The highest BCUT2D eigenvalue weighted by molar-refractivity contribution is 7.92. The second kappa shape index (κ2) is 7.78. The van der Waals surface area contributed by atoms with Gasteiger partial charge in [0.15, 0.2) is 0 Å². The molecule has 3 nitrogen and oxygen atoms in total. The van der Waals surface area contributed by atoms with E-state index in [2.05, 4.69) is 10.8 Å². The van der Waals surface area contributed by atoms with Crippen LogP contribution in [0.2, 0.25) is 5.02 Å². The molecule has 0 heterocycles. The average molecular weight is 326 g/mol. The Hall–Kier alpha value is -1.10. The van der Waals surface area contributed by atoms with Crippen LogP contribution >= 0.6 is 11.6 Å². The van der Waals surface area contributed by atoms with Crippen LogP contribution in [0.1, 0.15) is 37.7 Å². The minimum atomic E-state index is -3.38. The molecule has 1 aromatic carbocycles. The summed E-state index contributed by atoms with van der Waals surface area (Å²) in [7, 11) is -3.38. The van der Waals surface area contributed by atoms with Crippen LogP contribution in [-0.2, 0) is 10.0 Å². The van der Waals surface area contributed by atoms with Crippen LogP contribution in [0.5, 0.6) is 0 Å². The van der Waals surface area contributed by atoms with Gasteiger partial charge in [-0.1, -0.05) is 35.4 Å². The Bertz CT molecular complexity index is 618. The number of hydrogen-bond acceptors (Lipinski definition) is 2. The fraction of sp³-hybridized carbons (Fsp3) is 0.375. The number of benzene rings is 1. The molecule has 1 aliphatic carbocycles. The van der Waals surface area contributed by atoms with E-state index in [0.29, 0.717) is 11.6 Å². The van der Waals surface area contributed by atoms with Crippen LogP contribution in [0.15, 0.2) is 41.3 Å². The van der Waals surface area contributed by atoms with Crippen LogP contribution in [0.3, 0.4) is 0 Å². The number of rotatable bonds is 6. The summed E-state index contributed by atoms with van der Waals surface area (Å²) in [5.41, 5.74) is 2.17. The third-order valence-electron chi connectivity index (χ3n) is 3.44. The minimum Gasteiger partial charge on any atom is -0.211 e. The van der Waals surface area contributed by atoms with Crippen molar-refractivity contribution in [3.63, 3.8) is 0 Å². The molecular formula is C16H20ClNO2S. The summed E-state index contributed by atoms with van der Waals surface area (Å²) in [5, 5.41) is 1.83. The minimum absolute atomic E-state index is 0.457. The summed E-state index contributed by atoms with van der Waals surface area (Å²) in [6.07, 6.45) is 9.29. The Morgan fingerprint density at radius 3 is 2.62 bits per heavy atom. The van der Waals surface area contributed by atoms with E-state index in [4.69, 9.17) is 11.6 Å². The van der Waals surface area contributed by atoms with Gasteiger partial charge in [0.2, 0.25) is 10.0 Å². The van der Waals surface area contributed by atoms with E-state index < -0.39 is 10.0 Å². The molecule has 0 aliphatic heterocycles. The standard InChI is InChI=1S/C16H20ClNO2S/c17-16-8-6-15(7-9-16)11-13-21(19,20)18-12-10-14-4-2-1-3-5-14/h4,6-9,11,13,18H,1-3,5,10,12H2/b13-11+. The van der Waals surface area contributed by atoms with E-state index in [9.17, 15) is 8.42 Å². The first-order chi connectivity index (χ1) is 10.1. The summed E-state index contributed by atoms with van der Waals surface area (Å²) >= 11 is 5.78. The van der Waals surface area contributed by atoms with Crippen molar-refractivity contribution in [1.82, 2.24) is 4.72 Å². The maximum atomic E-state index is 11.9. The molecule has 0 unspecified atom stereocenters. The first kappa shape index (κ1) is 16.3. The van der Waals surface area contributed by atoms with Gasteiger partial charge in [0.1, 0.15) is 0 Å². The highest BCUT2D eigenvalue weighted by Crippen LogP contribution is 2.19. The third kappa shape index (κ3) is 6.04. The lowest BCUT2D eigenvalue weighted by Gasteiger charge is -2.12. The lowest BCUT2D eigenvalue weighted by Crippen LogP contribution is -2.22. The number of nitrogens with one attached hydrogen (secondary N) is 1. The summed E-state index contributed by atoms with van der Waals surface area (Å²) in [5.74, 6) is 0. The predicted octanol–water partition coefficient (Wildman–Crippen LogP) is 4.12. The van der Waals surface area contributed by atoms with Crippen molar-refractivity contribution < 1.29 is 8.42 Å². The van der Waals surface area contributed by atoms with Gasteiger partial charge in [-0.25, -0.2) is 13.1 Å². The number of allylic oxidation sites excluding steroid dienone is 1. The van der Waals surface area contributed by atoms with Crippen molar-refractivity contribution in [2.75, 3.05) is 6.54 Å². The molecule has 0 fully saturated rings. The molecule has 0 atom stereocenters. The zero-order chi connectivity index (χ0) is 15.1. The molecule has 0 bridgehead atoms. The Morgan fingerprint density at radius 2 is 1.95 bits per heavy atom. The molecule has 0 saturated carbocycles. The Kier molecular flexibility index (Phi) is 6.03. The Balaban J connectivity index is 1.83. The molecule has 1 N–H and O–H groups in total. The second-order valence-corrected chi connectivity index (χ2v) is 7.24. The van der Waals surface area contributed by atoms with Crippen molar-refractivity contribution in [1.29, 1.82) is 0 Å². The largest absolute Gasteiger partial charge is 0.233 e. The number of sulfonamides is 1. The molecule has 2 rings (SSSR count). The van der Waals surface area contributed by atoms with Crippen molar-refractivity contribution in [2.45, 2.75) is 32.1 Å². The first-order valence-corrected chi connectivity index (χ1v) is 9.09. The Morgan fingerprint density at radius 1 is 1.19 bits per heavy atom. The van der Waals surface area contributed by atoms with Gasteiger partial charge in [-0.2, -0.15) is 0 Å². The first-order valence-electron chi connectivity index (χ1n) is 7.16. The zero-order valence-corrected chi connectivity index (χ0v) is 13.5. The lowest BCUT2D eigenvalue weighted by atomic mass is 9.97. The third-order valence-corrected chi connectivity index (χ3v) is 4.80. The van der Waals surface area contributed by atoms with Crippen LogP contribution in [0.4, 0.5) is 0 Å². The summed E-state index contributed by atoms with van der Waals surface area (Å²) < 4.78 is 26.3. The van der Waals surface area contributed by atoms with Crippen LogP contribution in [0.25, 0.3) is 6.08 Å². The molecule has 21 heavy (non-hydrogen) atoms. The van der Waals surface area contributed by atoms with Crippen molar-refractivity contribution in [2.24, 2.45) is 0 Å². The molecule has 1 aromatic rings. The van der Waals surface area contributed by atoms with E-state index in [1.807, 2.05) is 0 Å². The number of halogens is 1. The van der Waals surface area contributed by atoms with Gasteiger partial charge in [0.05, 0.1) is 0 Å². The summed E-state index contributed by atoms with van der Waals surface area (Å²) in [4.78, 5) is 0. The second-order valence-electron chi connectivity index (χ2n) is 5.15. The fourth-order valence-electron chi connectivity index (χ4n) is 2.28. The van der Waals surface area contributed by atoms with Crippen molar-refractivity contribution in [3.8, 4) is 0 Å². The molecule has 0 aromatic heterocycles. The fourth-order valence-corrected chi connectivity index (χ4v) is 3.22. The highest BCUT2D eigenvalue weighted by Gasteiger charge is 2.07. The topological polar surface area (TPSA) is 46.2 Å². The maximum absolute atomic E-state index is 11.9. The monoisotopic (exact) mass is 325 g/mol. The van der Waals surface area contributed by atoms with E-state index >= 15 is 0 Å². The van der Waals surface area contributed by atoms with Gasteiger partial charge in [-0.3, -0.25) is 0 Å². The van der Waals surface area contributed by atoms with Crippen LogP contribution < -0.4 is 4.72 Å². The summed E-state index contributed by atoms with van der Waals surface area (Å²) in [6, 6.07) is 7.02. The molecule has 0 radical (unpaired) electrons. The van der Waals surface area contributed by atoms with Gasteiger partial charge in [0, 0.05) is 17.0 Å².